The van der Waals surface area contributed by atoms with Crippen molar-refractivity contribution in [1.82, 2.24) is 19.8 Å². The van der Waals surface area contributed by atoms with Gasteiger partial charge in [0.25, 0.3) is 5.91 Å². The quantitative estimate of drug-likeness (QED) is 0.845. The van der Waals surface area contributed by atoms with E-state index >= 15 is 0 Å². The second-order valence-electron chi connectivity index (χ2n) is 7.03. The van der Waals surface area contributed by atoms with Crippen LogP contribution in [0.15, 0.2) is 30.5 Å². The molecule has 2 amide bonds. The minimum absolute atomic E-state index is 0.000320. The number of imidazole rings is 1. The molecule has 7 heteroatoms. The smallest absolute Gasteiger partial charge is 0.289 e. The largest absolute Gasteiger partial charge is 0.350 e. The monoisotopic (exact) mass is 372 g/mol. The number of halogens is 1. The molecule has 0 saturated heterocycles. The number of amides is 2. The van der Waals surface area contributed by atoms with E-state index in [1.165, 1.54) is 12.8 Å². The molecule has 26 heavy (non-hydrogen) atoms. The molecule has 2 aliphatic rings. The van der Waals surface area contributed by atoms with Crippen LogP contribution >= 0.6 is 11.6 Å². The van der Waals surface area contributed by atoms with Gasteiger partial charge in [-0.1, -0.05) is 23.7 Å². The van der Waals surface area contributed by atoms with Crippen LogP contribution < -0.4 is 5.32 Å². The van der Waals surface area contributed by atoms with Crippen molar-refractivity contribution < 1.29 is 9.59 Å². The first-order valence-electron chi connectivity index (χ1n) is 8.95. The van der Waals surface area contributed by atoms with E-state index in [-0.39, 0.29) is 18.2 Å². The summed E-state index contributed by atoms with van der Waals surface area (Å²) in [5.41, 5.74) is 1.58. The number of hydrogen-bond donors (Lipinski definition) is 1. The molecule has 1 aromatic heterocycles. The summed E-state index contributed by atoms with van der Waals surface area (Å²) in [4.78, 5) is 31.0. The zero-order valence-corrected chi connectivity index (χ0v) is 15.2. The van der Waals surface area contributed by atoms with Crippen molar-refractivity contribution in [3.8, 4) is 0 Å². The Bertz CT molecular complexity index is 844. The third-order valence-corrected chi connectivity index (χ3v) is 5.05. The lowest BCUT2D eigenvalue weighted by molar-refractivity contribution is -0.120. The lowest BCUT2D eigenvalue weighted by Crippen LogP contribution is -2.41. The maximum absolute atomic E-state index is 12.5. The van der Waals surface area contributed by atoms with Crippen molar-refractivity contribution in [3.63, 3.8) is 0 Å². The average molecular weight is 373 g/mol. The molecule has 0 spiro atoms. The predicted molar refractivity (Wildman–Crippen MR) is 97.9 cm³/mol. The van der Waals surface area contributed by atoms with Crippen molar-refractivity contribution in [2.45, 2.75) is 32.4 Å². The number of nitrogens with zero attached hydrogens (tertiary/aromatic N) is 3. The van der Waals surface area contributed by atoms with Gasteiger partial charge in [-0.05, 0) is 36.5 Å². The van der Waals surface area contributed by atoms with Crippen LogP contribution in [0.1, 0.15) is 34.7 Å². The molecule has 0 bridgehead atoms. The molecule has 1 aliphatic carbocycles. The Morgan fingerprint density at radius 3 is 2.92 bits per heavy atom. The first kappa shape index (κ1) is 17.1. The molecular weight excluding hydrogens is 352 g/mol. The van der Waals surface area contributed by atoms with Crippen LogP contribution in [0, 0.1) is 5.92 Å². The van der Waals surface area contributed by atoms with Gasteiger partial charge in [-0.3, -0.25) is 9.59 Å². The van der Waals surface area contributed by atoms with E-state index in [4.69, 9.17) is 11.6 Å². The Kier molecular flexibility index (Phi) is 4.68. The van der Waals surface area contributed by atoms with Gasteiger partial charge in [0.05, 0.1) is 18.7 Å². The highest BCUT2D eigenvalue weighted by Crippen LogP contribution is 2.30. The molecule has 1 aliphatic heterocycles. The van der Waals surface area contributed by atoms with Gasteiger partial charge in [0, 0.05) is 30.9 Å². The molecule has 0 radical (unpaired) electrons. The molecule has 1 fully saturated rings. The van der Waals surface area contributed by atoms with E-state index in [2.05, 4.69) is 10.3 Å². The highest BCUT2D eigenvalue weighted by molar-refractivity contribution is 6.30. The molecule has 1 aromatic carbocycles. The van der Waals surface area contributed by atoms with Crippen molar-refractivity contribution in [1.29, 1.82) is 0 Å². The van der Waals surface area contributed by atoms with Crippen LogP contribution in [0.2, 0.25) is 5.02 Å². The van der Waals surface area contributed by atoms with Crippen molar-refractivity contribution in [2.24, 2.45) is 5.92 Å². The fourth-order valence-electron chi connectivity index (χ4n) is 3.24. The third kappa shape index (κ3) is 3.90. The molecule has 2 aromatic rings. The molecule has 2 heterocycles. The number of carbonyl (C=O) groups excluding carboxylic acids is 2. The normalized spacial score (nSPS) is 16.5. The number of fused-ring (bicyclic) bond motifs is 1. The lowest BCUT2D eigenvalue weighted by Gasteiger charge is -2.27. The van der Waals surface area contributed by atoms with E-state index in [1.54, 1.807) is 12.1 Å². The third-order valence-electron chi connectivity index (χ3n) is 4.81. The minimum Gasteiger partial charge on any atom is -0.350 e. The highest BCUT2D eigenvalue weighted by atomic mass is 35.5. The predicted octanol–water partition coefficient (Wildman–Crippen LogP) is 2.26. The van der Waals surface area contributed by atoms with Gasteiger partial charge in [0.15, 0.2) is 5.82 Å². The minimum atomic E-state index is -0.0973. The number of aromatic nitrogens is 2. The Hall–Kier alpha value is -2.34. The number of rotatable bonds is 6. The molecule has 136 valence electrons. The summed E-state index contributed by atoms with van der Waals surface area (Å²) >= 11 is 5.94. The SMILES string of the molecule is O=C(Cc1cccc(Cl)c1)NCc1cn2c(n1)C(=O)N(CC1CC1)CC2. The highest BCUT2D eigenvalue weighted by Gasteiger charge is 2.31. The standard InChI is InChI=1S/C19H21ClN4O2/c20-15-3-1-2-14(8-15)9-17(25)21-10-16-12-23-6-7-24(11-13-4-5-13)19(26)18(23)22-16/h1-3,8,12-13H,4-7,9-11H2,(H,21,25). The topological polar surface area (TPSA) is 67.2 Å². The fraction of sp³-hybridized carbons (Fsp3) is 0.421. The van der Waals surface area contributed by atoms with Crippen molar-refractivity contribution >= 4 is 23.4 Å². The van der Waals surface area contributed by atoms with Gasteiger partial charge >= 0.3 is 0 Å². The summed E-state index contributed by atoms with van der Waals surface area (Å²) in [6, 6.07) is 7.26. The van der Waals surface area contributed by atoms with Gasteiger partial charge in [0.1, 0.15) is 0 Å². The molecule has 1 N–H and O–H groups in total. The first-order valence-corrected chi connectivity index (χ1v) is 9.33. The molecule has 0 atom stereocenters. The lowest BCUT2D eigenvalue weighted by atomic mass is 10.1. The summed E-state index contributed by atoms with van der Waals surface area (Å²) in [6.45, 7) is 2.66. The van der Waals surface area contributed by atoms with Gasteiger partial charge in [-0.2, -0.15) is 0 Å². The number of benzene rings is 1. The maximum Gasteiger partial charge on any atom is 0.289 e. The van der Waals surface area contributed by atoms with Gasteiger partial charge in [-0.15, -0.1) is 0 Å². The zero-order chi connectivity index (χ0) is 18.1. The van der Waals surface area contributed by atoms with Gasteiger partial charge in [0.2, 0.25) is 5.91 Å². The van der Waals surface area contributed by atoms with E-state index in [0.717, 1.165) is 25.2 Å². The summed E-state index contributed by atoms with van der Waals surface area (Å²) in [7, 11) is 0. The maximum atomic E-state index is 12.5. The van der Waals surface area contributed by atoms with Crippen LogP contribution in [-0.2, 0) is 24.3 Å². The molecule has 0 unspecified atom stereocenters. The number of nitrogens with one attached hydrogen (secondary N) is 1. The van der Waals surface area contributed by atoms with E-state index in [0.29, 0.717) is 29.0 Å². The van der Waals surface area contributed by atoms with Crippen LogP contribution in [0.5, 0.6) is 0 Å². The van der Waals surface area contributed by atoms with Crippen molar-refractivity contribution in [2.75, 3.05) is 13.1 Å². The Morgan fingerprint density at radius 1 is 1.31 bits per heavy atom. The summed E-state index contributed by atoms with van der Waals surface area (Å²) < 4.78 is 1.89. The van der Waals surface area contributed by atoms with E-state index in [1.807, 2.05) is 27.8 Å². The summed E-state index contributed by atoms with van der Waals surface area (Å²) in [5, 5.41) is 3.48. The second kappa shape index (κ2) is 7.11. The van der Waals surface area contributed by atoms with Crippen molar-refractivity contribution in [3.05, 3.63) is 52.6 Å². The molecular formula is C19H21ClN4O2. The Labute approximate surface area is 157 Å². The van der Waals surface area contributed by atoms with E-state index < -0.39 is 0 Å². The number of carbonyl (C=O) groups is 2. The Morgan fingerprint density at radius 2 is 2.15 bits per heavy atom. The molecule has 4 rings (SSSR count). The first-order chi connectivity index (χ1) is 12.6. The zero-order valence-electron chi connectivity index (χ0n) is 14.4. The van der Waals surface area contributed by atoms with Gasteiger partial charge < -0.3 is 14.8 Å². The number of hydrogen-bond acceptors (Lipinski definition) is 3. The fourth-order valence-corrected chi connectivity index (χ4v) is 3.45. The van der Waals surface area contributed by atoms with Crippen LogP contribution in [0.4, 0.5) is 0 Å². The Balaban J connectivity index is 1.34. The summed E-state index contributed by atoms with van der Waals surface area (Å²) in [6.07, 6.45) is 4.58. The molecule has 1 saturated carbocycles. The van der Waals surface area contributed by atoms with Crippen LogP contribution in [-0.4, -0.2) is 39.4 Å². The van der Waals surface area contributed by atoms with Crippen LogP contribution in [0.3, 0.4) is 0 Å². The van der Waals surface area contributed by atoms with Gasteiger partial charge in [-0.25, -0.2) is 4.98 Å². The van der Waals surface area contributed by atoms with E-state index in [9.17, 15) is 9.59 Å². The average Bonchev–Trinajstić information content (AvgIpc) is 3.32. The van der Waals surface area contributed by atoms with Crippen LogP contribution in [0.25, 0.3) is 0 Å². The molecule has 6 nitrogen and oxygen atoms in total. The summed E-state index contributed by atoms with van der Waals surface area (Å²) in [5.74, 6) is 1.06. The second-order valence-corrected chi connectivity index (χ2v) is 7.46.